The fraction of sp³-hybridized carbons (Fsp3) is 0.400. The van der Waals surface area contributed by atoms with E-state index in [0.29, 0.717) is 18.5 Å². The first-order valence-electron chi connectivity index (χ1n) is 8.15. The van der Waals surface area contributed by atoms with Gasteiger partial charge in [-0.25, -0.2) is 0 Å². The van der Waals surface area contributed by atoms with E-state index in [9.17, 15) is 0 Å². The number of nitrogens with one attached hydrogen (secondary N) is 1. The smallest absolute Gasteiger partial charge is 0.0120 e. The zero-order valence-corrected chi connectivity index (χ0v) is 14.0. The Balaban J connectivity index is 1.88. The maximum atomic E-state index is 6.00. The highest BCUT2D eigenvalue weighted by Gasteiger charge is 2.17. The molecule has 2 nitrogen and oxygen atoms in total. The predicted octanol–water partition coefficient (Wildman–Crippen LogP) is 3.57. The molecular weight excluding hydrogens is 268 g/mol. The van der Waals surface area contributed by atoms with Gasteiger partial charge in [0.25, 0.3) is 0 Å². The lowest BCUT2D eigenvalue weighted by Crippen LogP contribution is -2.37. The van der Waals surface area contributed by atoms with Gasteiger partial charge in [0, 0.05) is 18.5 Å². The summed E-state index contributed by atoms with van der Waals surface area (Å²) < 4.78 is 0. The summed E-state index contributed by atoms with van der Waals surface area (Å²) in [7, 11) is 0. The van der Waals surface area contributed by atoms with Crippen LogP contribution in [0.4, 0.5) is 0 Å². The van der Waals surface area contributed by atoms with E-state index >= 15 is 0 Å². The summed E-state index contributed by atoms with van der Waals surface area (Å²) in [6, 6.07) is 17.9. The lowest BCUT2D eigenvalue weighted by Gasteiger charge is -2.24. The molecule has 0 saturated heterocycles. The summed E-state index contributed by atoms with van der Waals surface area (Å²) in [5.74, 6) is 0.360. The first-order chi connectivity index (χ1) is 10.6. The van der Waals surface area contributed by atoms with Gasteiger partial charge in [0.2, 0.25) is 0 Å². The number of aryl methyl sites for hydroxylation is 2. The van der Waals surface area contributed by atoms with Gasteiger partial charge in [0.05, 0.1) is 0 Å². The SMILES string of the molecule is Cc1ccc(CCN[C@H](C)[C@@H](CN)c2ccc(C)cc2)cc1. The topological polar surface area (TPSA) is 38.0 Å². The number of rotatable bonds is 7. The van der Waals surface area contributed by atoms with Crippen molar-refractivity contribution < 1.29 is 0 Å². The first-order valence-corrected chi connectivity index (χ1v) is 8.15. The van der Waals surface area contributed by atoms with Crippen molar-refractivity contribution >= 4 is 0 Å². The second-order valence-electron chi connectivity index (χ2n) is 6.23. The highest BCUT2D eigenvalue weighted by atomic mass is 14.9. The monoisotopic (exact) mass is 296 g/mol. The molecule has 2 rings (SSSR count). The minimum Gasteiger partial charge on any atom is -0.330 e. The van der Waals surface area contributed by atoms with Crippen molar-refractivity contribution in [1.82, 2.24) is 5.32 Å². The quantitative estimate of drug-likeness (QED) is 0.820. The van der Waals surface area contributed by atoms with Gasteiger partial charge in [0.1, 0.15) is 0 Å². The Bertz CT molecular complexity index is 557. The molecule has 0 aliphatic carbocycles. The van der Waals surface area contributed by atoms with Gasteiger partial charge < -0.3 is 11.1 Å². The van der Waals surface area contributed by atoms with E-state index in [4.69, 9.17) is 5.73 Å². The summed E-state index contributed by atoms with van der Waals surface area (Å²) in [5.41, 5.74) is 11.3. The normalized spacial score (nSPS) is 13.8. The van der Waals surface area contributed by atoms with Crippen molar-refractivity contribution in [2.24, 2.45) is 5.73 Å². The molecule has 118 valence electrons. The highest BCUT2D eigenvalue weighted by Crippen LogP contribution is 2.19. The van der Waals surface area contributed by atoms with Crippen molar-refractivity contribution in [2.45, 2.75) is 39.2 Å². The van der Waals surface area contributed by atoms with Gasteiger partial charge in [-0.05, 0) is 44.9 Å². The number of hydrogen-bond acceptors (Lipinski definition) is 2. The van der Waals surface area contributed by atoms with E-state index < -0.39 is 0 Å². The number of hydrogen-bond donors (Lipinski definition) is 2. The number of nitrogens with two attached hydrogens (primary N) is 1. The molecule has 2 atom stereocenters. The molecule has 3 N–H and O–H groups in total. The second kappa shape index (κ2) is 8.11. The van der Waals surface area contributed by atoms with Crippen LogP contribution in [-0.2, 0) is 6.42 Å². The third kappa shape index (κ3) is 4.69. The average Bonchev–Trinajstić information content (AvgIpc) is 2.52. The molecule has 0 radical (unpaired) electrons. The van der Waals surface area contributed by atoms with Gasteiger partial charge >= 0.3 is 0 Å². The minimum atomic E-state index is 0.360. The Morgan fingerprint density at radius 1 is 0.909 bits per heavy atom. The Labute approximate surface area is 134 Å². The molecule has 0 amide bonds. The van der Waals surface area contributed by atoms with Gasteiger partial charge in [-0.3, -0.25) is 0 Å². The Kier molecular flexibility index (Phi) is 6.17. The fourth-order valence-electron chi connectivity index (χ4n) is 2.78. The molecule has 2 aromatic carbocycles. The predicted molar refractivity (Wildman–Crippen MR) is 95.3 cm³/mol. The summed E-state index contributed by atoms with van der Waals surface area (Å²) in [4.78, 5) is 0. The van der Waals surface area contributed by atoms with Crippen LogP contribution in [0.2, 0.25) is 0 Å². The van der Waals surface area contributed by atoms with Crippen LogP contribution in [0.5, 0.6) is 0 Å². The Morgan fingerprint density at radius 2 is 1.45 bits per heavy atom. The minimum absolute atomic E-state index is 0.360. The molecule has 0 fully saturated rings. The van der Waals surface area contributed by atoms with E-state index in [0.717, 1.165) is 13.0 Å². The summed E-state index contributed by atoms with van der Waals surface area (Å²) >= 11 is 0. The van der Waals surface area contributed by atoms with E-state index in [2.05, 4.69) is 74.6 Å². The molecule has 0 aliphatic heterocycles. The fourth-order valence-corrected chi connectivity index (χ4v) is 2.78. The molecule has 2 aromatic rings. The lowest BCUT2D eigenvalue weighted by atomic mass is 9.92. The van der Waals surface area contributed by atoms with Gasteiger partial charge in [0.15, 0.2) is 0 Å². The Morgan fingerprint density at radius 3 is 2.00 bits per heavy atom. The molecule has 0 bridgehead atoms. The van der Waals surface area contributed by atoms with Crippen LogP contribution in [0.3, 0.4) is 0 Å². The zero-order valence-electron chi connectivity index (χ0n) is 14.0. The molecule has 0 unspecified atom stereocenters. The van der Waals surface area contributed by atoms with Crippen LogP contribution >= 0.6 is 0 Å². The largest absolute Gasteiger partial charge is 0.330 e. The summed E-state index contributed by atoms with van der Waals surface area (Å²) in [5, 5.41) is 3.63. The van der Waals surface area contributed by atoms with Crippen molar-refractivity contribution in [3.63, 3.8) is 0 Å². The van der Waals surface area contributed by atoms with Crippen LogP contribution < -0.4 is 11.1 Å². The molecule has 0 aliphatic rings. The molecule has 0 saturated carbocycles. The maximum absolute atomic E-state index is 6.00. The molecule has 2 heteroatoms. The summed E-state index contributed by atoms with van der Waals surface area (Å²) in [6.07, 6.45) is 1.05. The van der Waals surface area contributed by atoms with Crippen molar-refractivity contribution in [3.8, 4) is 0 Å². The van der Waals surface area contributed by atoms with E-state index in [1.807, 2.05) is 0 Å². The van der Waals surface area contributed by atoms with E-state index in [-0.39, 0.29) is 0 Å². The molecule has 0 spiro atoms. The Hall–Kier alpha value is -1.64. The third-order valence-corrected chi connectivity index (χ3v) is 4.36. The van der Waals surface area contributed by atoms with Crippen molar-refractivity contribution in [1.29, 1.82) is 0 Å². The molecule has 0 aromatic heterocycles. The van der Waals surface area contributed by atoms with E-state index in [1.54, 1.807) is 0 Å². The zero-order chi connectivity index (χ0) is 15.9. The third-order valence-electron chi connectivity index (χ3n) is 4.36. The second-order valence-corrected chi connectivity index (χ2v) is 6.23. The van der Waals surface area contributed by atoms with Crippen LogP contribution in [0.25, 0.3) is 0 Å². The van der Waals surface area contributed by atoms with Gasteiger partial charge in [-0.2, -0.15) is 0 Å². The van der Waals surface area contributed by atoms with Crippen LogP contribution in [0, 0.1) is 13.8 Å². The molecular formula is C20H28N2. The average molecular weight is 296 g/mol. The lowest BCUT2D eigenvalue weighted by molar-refractivity contribution is 0.467. The highest BCUT2D eigenvalue weighted by molar-refractivity contribution is 5.26. The van der Waals surface area contributed by atoms with Crippen LogP contribution in [-0.4, -0.2) is 19.1 Å². The summed E-state index contributed by atoms with van der Waals surface area (Å²) in [6.45, 7) is 8.11. The van der Waals surface area contributed by atoms with Gasteiger partial charge in [-0.15, -0.1) is 0 Å². The van der Waals surface area contributed by atoms with Crippen LogP contribution in [0.15, 0.2) is 48.5 Å². The standard InChI is InChI=1S/C20H28N2/c1-15-4-8-18(9-5-15)12-13-22-17(3)20(14-21)19-10-6-16(2)7-11-19/h4-11,17,20,22H,12-14,21H2,1-3H3/t17-,20-/m1/s1. The van der Waals surface area contributed by atoms with Gasteiger partial charge in [-0.1, -0.05) is 59.7 Å². The van der Waals surface area contributed by atoms with Crippen molar-refractivity contribution in [2.75, 3.05) is 13.1 Å². The van der Waals surface area contributed by atoms with E-state index in [1.165, 1.54) is 22.3 Å². The molecule has 0 heterocycles. The number of benzene rings is 2. The molecule has 22 heavy (non-hydrogen) atoms. The maximum Gasteiger partial charge on any atom is 0.0120 e. The van der Waals surface area contributed by atoms with Crippen molar-refractivity contribution in [3.05, 3.63) is 70.8 Å². The first kappa shape index (κ1) is 16.7. The van der Waals surface area contributed by atoms with Crippen LogP contribution in [0.1, 0.15) is 35.1 Å².